The van der Waals surface area contributed by atoms with Crippen molar-refractivity contribution in [2.45, 2.75) is 19.3 Å². The topological polar surface area (TPSA) is 58.4 Å². The first-order valence-corrected chi connectivity index (χ1v) is 9.11. The van der Waals surface area contributed by atoms with Crippen LogP contribution in [0.3, 0.4) is 0 Å². The van der Waals surface area contributed by atoms with Gasteiger partial charge in [0.1, 0.15) is 5.82 Å². The first-order chi connectivity index (χ1) is 12.6. The quantitative estimate of drug-likeness (QED) is 0.837. The van der Waals surface area contributed by atoms with Crippen LogP contribution in [0.25, 0.3) is 0 Å². The minimum absolute atomic E-state index is 0.0915. The van der Waals surface area contributed by atoms with Gasteiger partial charge in [0, 0.05) is 43.2 Å². The van der Waals surface area contributed by atoms with Crippen LogP contribution < -0.4 is 11.1 Å². The molecule has 2 atom stereocenters. The number of nitrogens with two attached hydrogens (primary N) is 1. The van der Waals surface area contributed by atoms with Gasteiger partial charge in [0.15, 0.2) is 0 Å². The van der Waals surface area contributed by atoms with Crippen LogP contribution in [-0.2, 0) is 4.79 Å². The zero-order valence-electron chi connectivity index (χ0n) is 15.1. The average Bonchev–Trinajstić information content (AvgIpc) is 3.08. The summed E-state index contributed by atoms with van der Waals surface area (Å²) in [6.45, 7) is 4.81. The van der Waals surface area contributed by atoms with E-state index in [9.17, 15) is 9.18 Å². The first kappa shape index (κ1) is 18.5. The smallest absolute Gasteiger partial charge is 0.225 e. The minimum Gasteiger partial charge on any atom is -0.330 e. The standard InChI is InChI=1S/C21H26FN3O/c1-15-19(22)8-5-9-20(15)24-21(26)10-11-25-13-17(12-23)18(14-25)16-6-3-2-4-7-16/h2-9,17-18H,10-14,23H2,1H3,(H,24,26)/t17-,18+/m1/s1. The Bertz CT molecular complexity index is 750. The largest absolute Gasteiger partial charge is 0.330 e. The molecular formula is C21H26FN3O. The van der Waals surface area contributed by atoms with Crippen molar-refractivity contribution >= 4 is 11.6 Å². The minimum atomic E-state index is -0.307. The highest BCUT2D eigenvalue weighted by molar-refractivity contribution is 5.91. The van der Waals surface area contributed by atoms with E-state index in [1.165, 1.54) is 11.6 Å². The van der Waals surface area contributed by atoms with Crippen molar-refractivity contribution < 1.29 is 9.18 Å². The van der Waals surface area contributed by atoms with Crippen LogP contribution in [0.1, 0.15) is 23.5 Å². The van der Waals surface area contributed by atoms with Crippen molar-refractivity contribution in [3.05, 3.63) is 65.5 Å². The third kappa shape index (κ3) is 4.29. The molecule has 3 rings (SSSR count). The number of benzene rings is 2. The van der Waals surface area contributed by atoms with E-state index in [0.29, 0.717) is 42.6 Å². The number of nitrogens with zero attached hydrogens (tertiary/aromatic N) is 1. The fourth-order valence-corrected chi connectivity index (χ4v) is 3.68. The van der Waals surface area contributed by atoms with Gasteiger partial charge in [-0.25, -0.2) is 4.39 Å². The number of anilines is 1. The number of hydrogen-bond acceptors (Lipinski definition) is 3. The zero-order valence-corrected chi connectivity index (χ0v) is 15.1. The number of amides is 1. The van der Waals surface area contributed by atoms with E-state index in [1.807, 2.05) is 6.07 Å². The maximum atomic E-state index is 13.6. The molecule has 0 aromatic heterocycles. The summed E-state index contributed by atoms with van der Waals surface area (Å²) in [7, 11) is 0. The molecule has 3 N–H and O–H groups in total. The van der Waals surface area contributed by atoms with E-state index in [4.69, 9.17) is 5.73 Å². The van der Waals surface area contributed by atoms with Crippen molar-refractivity contribution in [2.75, 3.05) is 31.5 Å². The predicted molar refractivity (Wildman–Crippen MR) is 103 cm³/mol. The van der Waals surface area contributed by atoms with Gasteiger partial charge in [0.2, 0.25) is 5.91 Å². The van der Waals surface area contributed by atoms with Crippen LogP contribution >= 0.6 is 0 Å². The molecule has 0 radical (unpaired) electrons. The number of halogens is 1. The lowest BCUT2D eigenvalue weighted by molar-refractivity contribution is -0.116. The van der Waals surface area contributed by atoms with Gasteiger partial charge in [-0.2, -0.15) is 0 Å². The van der Waals surface area contributed by atoms with Crippen molar-refractivity contribution in [3.63, 3.8) is 0 Å². The Morgan fingerprint density at radius 3 is 2.69 bits per heavy atom. The van der Waals surface area contributed by atoms with E-state index < -0.39 is 0 Å². The van der Waals surface area contributed by atoms with Crippen molar-refractivity contribution in [3.8, 4) is 0 Å². The highest BCUT2D eigenvalue weighted by atomic mass is 19.1. The van der Waals surface area contributed by atoms with Crippen molar-refractivity contribution in [1.82, 2.24) is 4.90 Å². The highest BCUT2D eigenvalue weighted by Crippen LogP contribution is 2.32. The van der Waals surface area contributed by atoms with E-state index in [1.54, 1.807) is 19.1 Å². The molecule has 138 valence electrons. The number of carbonyl (C=O) groups excluding carboxylic acids is 1. The SMILES string of the molecule is Cc1c(F)cccc1NC(=O)CCN1C[C@@H](CN)[C@H](c2ccccc2)C1. The summed E-state index contributed by atoms with van der Waals surface area (Å²) in [5.41, 5.74) is 8.29. The molecule has 1 aliphatic rings. The molecule has 2 aromatic rings. The Morgan fingerprint density at radius 2 is 1.96 bits per heavy atom. The summed E-state index contributed by atoms with van der Waals surface area (Å²) in [5.74, 6) is 0.422. The molecule has 0 spiro atoms. The molecule has 26 heavy (non-hydrogen) atoms. The van der Waals surface area contributed by atoms with Crippen molar-refractivity contribution in [2.24, 2.45) is 11.7 Å². The fourth-order valence-electron chi connectivity index (χ4n) is 3.68. The molecule has 2 aromatic carbocycles. The van der Waals surface area contributed by atoms with Gasteiger partial charge in [0.25, 0.3) is 0 Å². The van der Waals surface area contributed by atoms with Crippen LogP contribution in [0.4, 0.5) is 10.1 Å². The molecule has 1 aliphatic heterocycles. The third-order valence-corrected chi connectivity index (χ3v) is 5.24. The number of hydrogen-bond donors (Lipinski definition) is 2. The molecule has 0 saturated carbocycles. The second-order valence-electron chi connectivity index (χ2n) is 6.98. The maximum Gasteiger partial charge on any atom is 0.225 e. The molecule has 1 fully saturated rings. The molecular weight excluding hydrogens is 329 g/mol. The normalized spacial score (nSPS) is 20.3. The van der Waals surface area contributed by atoms with Gasteiger partial charge in [-0.3, -0.25) is 4.79 Å². The van der Waals surface area contributed by atoms with Gasteiger partial charge >= 0.3 is 0 Å². The van der Waals surface area contributed by atoms with Gasteiger partial charge in [-0.05, 0) is 37.1 Å². The predicted octanol–water partition coefficient (Wildman–Crippen LogP) is 3.14. The van der Waals surface area contributed by atoms with Crippen LogP contribution in [0, 0.1) is 18.7 Å². The summed E-state index contributed by atoms with van der Waals surface area (Å²) in [4.78, 5) is 14.5. The van der Waals surface area contributed by atoms with Gasteiger partial charge < -0.3 is 16.0 Å². The zero-order chi connectivity index (χ0) is 18.5. The summed E-state index contributed by atoms with van der Waals surface area (Å²) in [6.07, 6.45) is 0.384. The Balaban J connectivity index is 1.55. The van der Waals surface area contributed by atoms with E-state index in [2.05, 4.69) is 34.5 Å². The molecule has 5 heteroatoms. The lowest BCUT2D eigenvalue weighted by atomic mass is 9.89. The summed E-state index contributed by atoms with van der Waals surface area (Å²) < 4.78 is 13.6. The van der Waals surface area contributed by atoms with Crippen LogP contribution in [-0.4, -0.2) is 37.0 Å². The number of rotatable bonds is 6. The Morgan fingerprint density at radius 1 is 1.19 bits per heavy atom. The maximum absolute atomic E-state index is 13.6. The van der Waals surface area contributed by atoms with Crippen molar-refractivity contribution in [1.29, 1.82) is 0 Å². The molecule has 1 saturated heterocycles. The molecule has 0 unspecified atom stereocenters. The Kier molecular flexibility index (Phi) is 6.01. The fraction of sp³-hybridized carbons (Fsp3) is 0.381. The van der Waals surface area contributed by atoms with Gasteiger partial charge in [-0.1, -0.05) is 36.4 Å². The monoisotopic (exact) mass is 355 g/mol. The first-order valence-electron chi connectivity index (χ1n) is 9.11. The third-order valence-electron chi connectivity index (χ3n) is 5.24. The van der Waals surface area contributed by atoms with E-state index >= 15 is 0 Å². The van der Waals surface area contributed by atoms with Crippen LogP contribution in [0.2, 0.25) is 0 Å². The second kappa shape index (κ2) is 8.43. The summed E-state index contributed by atoms with van der Waals surface area (Å²) >= 11 is 0. The van der Waals surface area contributed by atoms with E-state index in [-0.39, 0.29) is 11.7 Å². The highest BCUT2D eigenvalue weighted by Gasteiger charge is 2.32. The molecule has 1 heterocycles. The lowest BCUT2D eigenvalue weighted by Crippen LogP contribution is -2.27. The Labute approximate surface area is 154 Å². The molecule has 4 nitrogen and oxygen atoms in total. The van der Waals surface area contributed by atoms with Crippen LogP contribution in [0.15, 0.2) is 48.5 Å². The van der Waals surface area contributed by atoms with E-state index in [0.717, 1.165) is 13.1 Å². The lowest BCUT2D eigenvalue weighted by Gasteiger charge is -2.17. The number of carbonyl (C=O) groups is 1. The summed E-state index contributed by atoms with van der Waals surface area (Å²) in [5, 5.41) is 2.81. The number of nitrogens with one attached hydrogen (secondary N) is 1. The molecule has 1 amide bonds. The Hall–Kier alpha value is -2.24. The second-order valence-corrected chi connectivity index (χ2v) is 6.98. The number of likely N-dealkylation sites (tertiary alicyclic amines) is 1. The van der Waals surface area contributed by atoms with Gasteiger partial charge in [0.05, 0.1) is 0 Å². The summed E-state index contributed by atoms with van der Waals surface area (Å²) in [6, 6.07) is 15.2. The molecule has 0 bridgehead atoms. The van der Waals surface area contributed by atoms with Crippen LogP contribution in [0.5, 0.6) is 0 Å². The van der Waals surface area contributed by atoms with Gasteiger partial charge in [-0.15, -0.1) is 0 Å². The average molecular weight is 355 g/mol. The molecule has 0 aliphatic carbocycles.